The van der Waals surface area contributed by atoms with Crippen LogP contribution in [-0.2, 0) is 0 Å². The molecule has 5 nitrogen and oxygen atoms in total. The Labute approximate surface area is 123 Å². The van der Waals surface area contributed by atoms with Gasteiger partial charge in [-0.25, -0.2) is 18.7 Å². The van der Waals surface area contributed by atoms with Gasteiger partial charge in [-0.05, 0) is 38.8 Å². The lowest BCUT2D eigenvalue weighted by Crippen LogP contribution is -2.41. The Morgan fingerprint density at radius 1 is 1.38 bits per heavy atom. The number of alkyl halides is 2. The van der Waals surface area contributed by atoms with E-state index in [1.54, 1.807) is 0 Å². The largest absolute Gasteiger partial charge is 0.481 e. The standard InChI is InChI=1S/C8H15NO.C6H6F2N2O/c10-7-8-3-1-5-9(8)6-2-4-8;1-11-6-4(5(7)8)2-9-3-10-6/h10H,1-7H2;2-3,5H,1H3. The minimum absolute atomic E-state index is 0.0741. The molecule has 2 saturated heterocycles. The van der Waals surface area contributed by atoms with Gasteiger partial charge in [0.05, 0.1) is 19.3 Å². The molecule has 0 amide bonds. The zero-order valence-electron chi connectivity index (χ0n) is 12.1. The van der Waals surface area contributed by atoms with Crippen LogP contribution in [0.1, 0.15) is 37.7 Å². The van der Waals surface area contributed by atoms with Crippen molar-refractivity contribution >= 4 is 0 Å². The highest BCUT2D eigenvalue weighted by Crippen LogP contribution is 2.37. The second-order valence-electron chi connectivity index (χ2n) is 5.36. The van der Waals surface area contributed by atoms with E-state index in [9.17, 15) is 13.9 Å². The van der Waals surface area contributed by atoms with Gasteiger partial charge in [0.15, 0.2) is 0 Å². The van der Waals surface area contributed by atoms with Gasteiger partial charge in [-0.15, -0.1) is 0 Å². The summed E-state index contributed by atoms with van der Waals surface area (Å²) in [6, 6.07) is 0. The van der Waals surface area contributed by atoms with Gasteiger partial charge in [0.2, 0.25) is 5.88 Å². The first-order valence-corrected chi connectivity index (χ1v) is 7.11. The molecule has 7 heteroatoms. The number of ether oxygens (including phenoxy) is 1. The van der Waals surface area contributed by atoms with Crippen LogP contribution in [0.25, 0.3) is 0 Å². The Kier molecular flexibility index (Phi) is 5.41. The molecule has 1 aromatic heterocycles. The van der Waals surface area contributed by atoms with Crippen molar-refractivity contribution in [2.24, 2.45) is 0 Å². The molecule has 0 saturated carbocycles. The topological polar surface area (TPSA) is 58.5 Å². The molecule has 21 heavy (non-hydrogen) atoms. The summed E-state index contributed by atoms with van der Waals surface area (Å²) in [5.41, 5.74) is -0.0463. The van der Waals surface area contributed by atoms with Gasteiger partial charge in [-0.2, -0.15) is 0 Å². The number of nitrogens with zero attached hydrogens (tertiary/aromatic N) is 3. The number of halogens is 2. The minimum Gasteiger partial charge on any atom is -0.481 e. The Hall–Kier alpha value is -1.34. The maximum Gasteiger partial charge on any atom is 0.270 e. The van der Waals surface area contributed by atoms with Crippen LogP contribution in [0.15, 0.2) is 12.5 Å². The molecule has 1 N–H and O–H groups in total. The Morgan fingerprint density at radius 2 is 2.05 bits per heavy atom. The normalized spacial score (nSPS) is 20.0. The average Bonchev–Trinajstić information content (AvgIpc) is 3.07. The first-order chi connectivity index (χ1) is 10.1. The van der Waals surface area contributed by atoms with E-state index >= 15 is 0 Å². The molecular weight excluding hydrogens is 280 g/mol. The Balaban J connectivity index is 0.000000154. The summed E-state index contributed by atoms with van der Waals surface area (Å²) in [5, 5.41) is 9.19. The quantitative estimate of drug-likeness (QED) is 0.925. The Bertz CT molecular complexity index is 450. The van der Waals surface area contributed by atoms with Crippen molar-refractivity contribution in [2.45, 2.75) is 37.6 Å². The lowest BCUT2D eigenvalue weighted by molar-refractivity contribution is 0.0999. The lowest BCUT2D eigenvalue weighted by atomic mass is 9.96. The molecule has 0 bridgehead atoms. The van der Waals surface area contributed by atoms with Crippen molar-refractivity contribution < 1.29 is 18.6 Å². The summed E-state index contributed by atoms with van der Waals surface area (Å²) in [5.74, 6) is -0.0741. The highest BCUT2D eigenvalue weighted by atomic mass is 19.3. The third-order valence-corrected chi connectivity index (χ3v) is 4.24. The molecule has 0 aliphatic carbocycles. The van der Waals surface area contributed by atoms with Crippen LogP contribution in [0.5, 0.6) is 5.88 Å². The van der Waals surface area contributed by atoms with Gasteiger partial charge in [0, 0.05) is 11.7 Å². The number of fused-ring (bicyclic) bond motifs is 1. The van der Waals surface area contributed by atoms with Crippen LogP contribution in [0, 0.1) is 0 Å². The van der Waals surface area contributed by atoms with Crippen LogP contribution >= 0.6 is 0 Å². The molecule has 0 spiro atoms. The molecule has 0 atom stereocenters. The summed E-state index contributed by atoms with van der Waals surface area (Å²) in [6.45, 7) is 2.83. The number of aliphatic hydroxyl groups is 1. The number of hydrogen-bond donors (Lipinski definition) is 1. The summed E-state index contributed by atoms with van der Waals surface area (Å²) in [7, 11) is 1.29. The lowest BCUT2D eigenvalue weighted by Gasteiger charge is -2.29. The van der Waals surface area contributed by atoms with Crippen molar-refractivity contribution in [3.05, 3.63) is 18.1 Å². The molecule has 3 heterocycles. The van der Waals surface area contributed by atoms with Gasteiger partial charge in [-0.3, -0.25) is 4.90 Å². The van der Waals surface area contributed by atoms with Gasteiger partial charge >= 0.3 is 0 Å². The van der Waals surface area contributed by atoms with Crippen LogP contribution < -0.4 is 4.74 Å². The molecule has 0 unspecified atom stereocenters. The van der Waals surface area contributed by atoms with E-state index in [1.807, 2.05) is 0 Å². The molecule has 2 fully saturated rings. The molecule has 0 radical (unpaired) electrons. The molecule has 2 aliphatic heterocycles. The molecule has 0 aromatic carbocycles. The first kappa shape index (κ1) is 16.0. The fourth-order valence-electron chi connectivity index (χ4n) is 3.13. The SMILES string of the molecule is COc1ncncc1C(F)F.OCC12CCCN1CCC2. The molecule has 1 aromatic rings. The molecule has 2 aliphatic rings. The fourth-order valence-corrected chi connectivity index (χ4v) is 3.13. The number of aromatic nitrogens is 2. The number of hydrogen-bond acceptors (Lipinski definition) is 5. The van der Waals surface area contributed by atoms with Crippen molar-refractivity contribution in [1.29, 1.82) is 0 Å². The highest BCUT2D eigenvalue weighted by molar-refractivity contribution is 5.22. The monoisotopic (exact) mass is 301 g/mol. The molecule has 118 valence electrons. The summed E-state index contributed by atoms with van der Waals surface area (Å²) in [4.78, 5) is 9.41. The van der Waals surface area contributed by atoms with E-state index < -0.39 is 6.43 Å². The van der Waals surface area contributed by atoms with Crippen molar-refractivity contribution in [3.63, 3.8) is 0 Å². The predicted octanol–water partition coefficient (Wildman–Crippen LogP) is 2.03. The van der Waals surface area contributed by atoms with E-state index in [2.05, 4.69) is 19.6 Å². The zero-order valence-corrected chi connectivity index (χ0v) is 12.1. The Morgan fingerprint density at radius 3 is 2.48 bits per heavy atom. The third kappa shape index (κ3) is 3.47. The van der Waals surface area contributed by atoms with Crippen molar-refractivity contribution in [2.75, 3.05) is 26.8 Å². The highest BCUT2D eigenvalue weighted by Gasteiger charge is 2.43. The molecule has 3 rings (SSSR count). The summed E-state index contributed by atoms with van der Waals surface area (Å²) in [6.07, 6.45) is 4.64. The predicted molar refractivity (Wildman–Crippen MR) is 73.4 cm³/mol. The summed E-state index contributed by atoms with van der Waals surface area (Å²) < 4.78 is 28.7. The zero-order chi connectivity index (χ0) is 15.3. The average molecular weight is 301 g/mol. The van der Waals surface area contributed by atoms with Gasteiger partial charge in [-0.1, -0.05) is 0 Å². The van der Waals surface area contributed by atoms with E-state index in [0.29, 0.717) is 6.61 Å². The van der Waals surface area contributed by atoms with Crippen molar-refractivity contribution in [1.82, 2.24) is 14.9 Å². The van der Waals surface area contributed by atoms with Crippen LogP contribution in [-0.4, -0.2) is 52.3 Å². The van der Waals surface area contributed by atoms with E-state index in [4.69, 9.17) is 0 Å². The molecular formula is C14H21F2N3O2. The van der Waals surface area contributed by atoms with Crippen LogP contribution in [0.2, 0.25) is 0 Å². The first-order valence-electron chi connectivity index (χ1n) is 7.11. The van der Waals surface area contributed by atoms with Gasteiger partial charge < -0.3 is 9.84 Å². The van der Waals surface area contributed by atoms with Gasteiger partial charge in [0.1, 0.15) is 6.33 Å². The maximum atomic E-state index is 12.1. The van der Waals surface area contributed by atoms with Gasteiger partial charge in [0.25, 0.3) is 6.43 Å². The van der Waals surface area contributed by atoms with Crippen LogP contribution in [0.3, 0.4) is 0 Å². The number of methoxy groups -OCH3 is 1. The number of rotatable bonds is 3. The van der Waals surface area contributed by atoms with E-state index in [1.165, 1.54) is 45.9 Å². The van der Waals surface area contributed by atoms with Crippen LogP contribution in [0.4, 0.5) is 8.78 Å². The minimum atomic E-state index is -2.59. The van der Waals surface area contributed by atoms with Crippen molar-refractivity contribution in [3.8, 4) is 5.88 Å². The number of aliphatic hydroxyl groups excluding tert-OH is 1. The second kappa shape index (κ2) is 7.09. The third-order valence-electron chi connectivity index (χ3n) is 4.24. The van der Waals surface area contributed by atoms with E-state index in [0.717, 1.165) is 12.5 Å². The van der Waals surface area contributed by atoms with E-state index in [-0.39, 0.29) is 17.0 Å². The second-order valence-corrected chi connectivity index (χ2v) is 5.36. The smallest absolute Gasteiger partial charge is 0.270 e. The fraction of sp³-hybridized carbons (Fsp3) is 0.714. The summed E-state index contributed by atoms with van der Waals surface area (Å²) >= 11 is 0. The maximum absolute atomic E-state index is 12.1.